The molecule has 1 heterocycles. The van der Waals surface area contributed by atoms with E-state index in [1.54, 1.807) is 17.0 Å². The summed E-state index contributed by atoms with van der Waals surface area (Å²) in [5.41, 5.74) is 2.71. The van der Waals surface area contributed by atoms with Crippen LogP contribution in [0.4, 0.5) is 0 Å². The molecule has 1 aliphatic rings. The van der Waals surface area contributed by atoms with Gasteiger partial charge in [0.2, 0.25) is 0 Å². The van der Waals surface area contributed by atoms with E-state index in [0.717, 1.165) is 12.0 Å². The van der Waals surface area contributed by atoms with Crippen LogP contribution >= 0.6 is 0 Å². The van der Waals surface area contributed by atoms with Crippen LogP contribution in [-0.2, 0) is 22.5 Å². The maximum absolute atomic E-state index is 12.4. The van der Waals surface area contributed by atoms with Gasteiger partial charge in [-0.05, 0) is 35.7 Å². The Balaban J connectivity index is 1.59. The molecule has 6 heteroatoms. The quantitative estimate of drug-likeness (QED) is 0.771. The lowest BCUT2D eigenvalue weighted by molar-refractivity contribution is -0.135. The van der Waals surface area contributed by atoms with Gasteiger partial charge in [0.25, 0.3) is 5.91 Å². The van der Waals surface area contributed by atoms with Crippen LogP contribution in [0.25, 0.3) is 0 Å². The minimum Gasteiger partial charge on any atom is -0.493 e. The van der Waals surface area contributed by atoms with Crippen molar-refractivity contribution in [3.63, 3.8) is 0 Å². The molecule has 1 amide bonds. The second-order valence-electron chi connectivity index (χ2n) is 5.98. The summed E-state index contributed by atoms with van der Waals surface area (Å²) in [4.78, 5) is 26.3. The third-order valence-electron chi connectivity index (χ3n) is 4.43. The molecule has 0 saturated heterocycles. The molecule has 26 heavy (non-hydrogen) atoms. The first kappa shape index (κ1) is 17.8. The molecule has 0 aliphatic carbocycles. The van der Waals surface area contributed by atoms with Crippen LogP contribution in [-0.4, -0.2) is 44.1 Å². The molecule has 0 radical (unpaired) electrons. The first-order chi connectivity index (χ1) is 12.6. The van der Waals surface area contributed by atoms with Gasteiger partial charge in [0.15, 0.2) is 18.1 Å². The van der Waals surface area contributed by atoms with E-state index >= 15 is 0 Å². The highest BCUT2D eigenvalue weighted by molar-refractivity contribution is 5.92. The molecule has 6 nitrogen and oxygen atoms in total. The molecule has 0 unspecified atom stereocenters. The number of amides is 1. The average Bonchev–Trinajstić information content (AvgIpc) is 2.70. The van der Waals surface area contributed by atoms with Crippen LogP contribution in [0.3, 0.4) is 0 Å². The molecule has 0 atom stereocenters. The molecule has 2 aromatic rings. The lowest BCUT2D eigenvalue weighted by Gasteiger charge is -2.28. The van der Waals surface area contributed by atoms with E-state index in [4.69, 9.17) is 14.2 Å². The molecule has 2 aromatic carbocycles. The fourth-order valence-electron chi connectivity index (χ4n) is 2.97. The van der Waals surface area contributed by atoms with Gasteiger partial charge >= 0.3 is 5.97 Å². The van der Waals surface area contributed by atoms with E-state index < -0.39 is 5.97 Å². The van der Waals surface area contributed by atoms with Gasteiger partial charge in [-0.15, -0.1) is 0 Å². The number of ether oxygens (including phenoxy) is 3. The topological polar surface area (TPSA) is 65.1 Å². The van der Waals surface area contributed by atoms with Gasteiger partial charge in [0.1, 0.15) is 0 Å². The lowest BCUT2D eigenvalue weighted by Crippen LogP contribution is -2.38. The number of nitrogens with zero attached hydrogens (tertiary/aromatic N) is 1. The normalized spacial score (nSPS) is 12.9. The van der Waals surface area contributed by atoms with Crippen molar-refractivity contribution in [1.82, 2.24) is 4.90 Å². The maximum atomic E-state index is 12.4. The van der Waals surface area contributed by atoms with Crippen molar-refractivity contribution in [2.45, 2.75) is 13.0 Å². The largest absolute Gasteiger partial charge is 0.493 e. The highest BCUT2D eigenvalue weighted by atomic mass is 16.5. The predicted molar refractivity (Wildman–Crippen MR) is 95.4 cm³/mol. The van der Waals surface area contributed by atoms with Crippen LogP contribution < -0.4 is 9.47 Å². The van der Waals surface area contributed by atoms with Crippen LogP contribution in [0.5, 0.6) is 11.5 Å². The molecule has 0 saturated carbocycles. The standard InChI is InChI=1S/C20H21NO5/c1-24-17-8-7-15(11-18(17)25-2)20(23)26-13-19(22)21-10-9-14-5-3-4-6-16(14)12-21/h3-8,11H,9-10,12-13H2,1-2H3. The van der Waals surface area contributed by atoms with E-state index in [2.05, 4.69) is 6.07 Å². The zero-order chi connectivity index (χ0) is 18.5. The number of hydrogen-bond acceptors (Lipinski definition) is 5. The Hall–Kier alpha value is -3.02. The summed E-state index contributed by atoms with van der Waals surface area (Å²) in [5, 5.41) is 0. The highest BCUT2D eigenvalue weighted by Gasteiger charge is 2.22. The van der Waals surface area contributed by atoms with Crippen LogP contribution in [0.1, 0.15) is 21.5 Å². The molecule has 0 aromatic heterocycles. The van der Waals surface area contributed by atoms with Crippen molar-refractivity contribution in [2.24, 2.45) is 0 Å². The molecule has 0 spiro atoms. The zero-order valence-electron chi connectivity index (χ0n) is 14.9. The third kappa shape index (κ3) is 3.79. The minimum atomic E-state index is -0.572. The fourth-order valence-corrected chi connectivity index (χ4v) is 2.97. The number of rotatable bonds is 5. The average molecular weight is 355 g/mol. The molecular formula is C20H21NO5. The van der Waals surface area contributed by atoms with Gasteiger partial charge in [0.05, 0.1) is 19.8 Å². The first-order valence-electron chi connectivity index (χ1n) is 8.36. The Kier molecular flexibility index (Phi) is 5.41. The van der Waals surface area contributed by atoms with Crippen molar-refractivity contribution >= 4 is 11.9 Å². The number of hydrogen-bond donors (Lipinski definition) is 0. The highest BCUT2D eigenvalue weighted by Crippen LogP contribution is 2.27. The van der Waals surface area contributed by atoms with Crippen LogP contribution in [0, 0.1) is 0 Å². The predicted octanol–water partition coefficient (Wildman–Crippen LogP) is 2.45. The Morgan fingerprint density at radius 1 is 1.00 bits per heavy atom. The number of carbonyl (C=O) groups is 2. The number of carbonyl (C=O) groups excluding carboxylic acids is 2. The zero-order valence-corrected chi connectivity index (χ0v) is 14.9. The van der Waals surface area contributed by atoms with E-state index in [1.165, 1.54) is 25.8 Å². The summed E-state index contributed by atoms with van der Waals surface area (Å²) in [5.74, 6) is 0.179. The van der Waals surface area contributed by atoms with Crippen molar-refractivity contribution in [3.8, 4) is 11.5 Å². The smallest absolute Gasteiger partial charge is 0.338 e. The fraction of sp³-hybridized carbons (Fsp3) is 0.300. The van der Waals surface area contributed by atoms with Crippen LogP contribution in [0.2, 0.25) is 0 Å². The molecule has 0 bridgehead atoms. The van der Waals surface area contributed by atoms with Gasteiger partial charge in [-0.2, -0.15) is 0 Å². The summed E-state index contributed by atoms with van der Waals surface area (Å²) in [6, 6.07) is 12.8. The summed E-state index contributed by atoms with van der Waals surface area (Å²) < 4.78 is 15.5. The molecule has 3 rings (SSSR count). The third-order valence-corrected chi connectivity index (χ3v) is 4.43. The Bertz CT molecular complexity index is 818. The molecule has 0 N–H and O–H groups in total. The van der Waals surface area contributed by atoms with Crippen molar-refractivity contribution < 1.29 is 23.8 Å². The first-order valence-corrected chi connectivity index (χ1v) is 8.36. The Morgan fingerprint density at radius 2 is 1.73 bits per heavy atom. The Labute approximate surface area is 152 Å². The molecule has 136 valence electrons. The number of esters is 1. The van der Waals surface area contributed by atoms with E-state index in [-0.39, 0.29) is 12.5 Å². The maximum Gasteiger partial charge on any atom is 0.338 e. The minimum absolute atomic E-state index is 0.201. The summed E-state index contributed by atoms with van der Waals surface area (Å²) >= 11 is 0. The number of benzene rings is 2. The second kappa shape index (κ2) is 7.91. The summed E-state index contributed by atoms with van der Waals surface area (Å²) in [6.07, 6.45) is 0.811. The van der Waals surface area contributed by atoms with Crippen molar-refractivity contribution in [2.75, 3.05) is 27.4 Å². The van der Waals surface area contributed by atoms with Gasteiger partial charge < -0.3 is 19.1 Å². The van der Waals surface area contributed by atoms with Gasteiger partial charge in [0, 0.05) is 13.1 Å². The lowest BCUT2D eigenvalue weighted by atomic mass is 10.00. The number of fused-ring (bicyclic) bond motifs is 1. The molecule has 1 aliphatic heterocycles. The van der Waals surface area contributed by atoms with Crippen molar-refractivity contribution in [3.05, 3.63) is 59.2 Å². The molecule has 0 fully saturated rings. The van der Waals surface area contributed by atoms with E-state index in [0.29, 0.717) is 30.2 Å². The monoisotopic (exact) mass is 355 g/mol. The van der Waals surface area contributed by atoms with E-state index in [1.807, 2.05) is 18.2 Å². The number of methoxy groups -OCH3 is 2. The Morgan fingerprint density at radius 3 is 2.46 bits per heavy atom. The van der Waals surface area contributed by atoms with Gasteiger partial charge in [-0.25, -0.2) is 4.79 Å². The van der Waals surface area contributed by atoms with E-state index in [9.17, 15) is 9.59 Å². The molecular weight excluding hydrogens is 334 g/mol. The van der Waals surface area contributed by atoms with Gasteiger partial charge in [-0.1, -0.05) is 24.3 Å². The van der Waals surface area contributed by atoms with Crippen molar-refractivity contribution in [1.29, 1.82) is 0 Å². The summed E-state index contributed by atoms with van der Waals surface area (Å²) in [6.45, 7) is 0.891. The van der Waals surface area contributed by atoms with Crippen LogP contribution in [0.15, 0.2) is 42.5 Å². The SMILES string of the molecule is COc1ccc(C(=O)OCC(=O)N2CCc3ccccc3C2)cc1OC. The summed E-state index contributed by atoms with van der Waals surface area (Å²) in [7, 11) is 3.01. The van der Waals surface area contributed by atoms with Gasteiger partial charge in [-0.3, -0.25) is 4.79 Å². The second-order valence-corrected chi connectivity index (χ2v) is 5.98.